The molecule has 0 radical (unpaired) electrons. The van der Waals surface area contributed by atoms with Crippen LogP contribution in [0.4, 0.5) is 0 Å². The molecule has 0 aromatic heterocycles. The lowest BCUT2D eigenvalue weighted by Crippen LogP contribution is -2.19. The fourth-order valence-corrected chi connectivity index (χ4v) is 0.918. The smallest absolute Gasteiger partial charge is 0.304 e. The molecule has 0 rings (SSSR count). The summed E-state index contributed by atoms with van der Waals surface area (Å²) in [6, 6.07) is 0. The quantitative estimate of drug-likeness (QED) is 0.457. The number of esters is 1. The highest BCUT2D eigenvalue weighted by atomic mass is 16.7. The highest BCUT2D eigenvalue weighted by Crippen LogP contribution is 2.06. The number of unbranched alkanes of at least 4 members (excludes halogenated alkanes) is 1. The van der Waals surface area contributed by atoms with Gasteiger partial charge in [-0.15, -0.1) is 0 Å². The summed E-state index contributed by atoms with van der Waals surface area (Å²) in [5.41, 5.74) is 0. The minimum atomic E-state index is -0.340. The third-order valence-electron chi connectivity index (χ3n) is 1.44. The predicted octanol–water partition coefficient (Wildman–Crippen LogP) is 2.10. The van der Waals surface area contributed by atoms with E-state index in [9.17, 15) is 4.79 Å². The predicted molar refractivity (Wildman–Crippen MR) is 46.7 cm³/mol. The monoisotopic (exact) mass is 174 g/mol. The molecule has 0 aliphatic rings. The summed E-state index contributed by atoms with van der Waals surface area (Å²) >= 11 is 0. The Kier molecular flexibility index (Phi) is 6.76. The first-order chi connectivity index (χ1) is 5.70. The Hall–Kier alpha value is -0.570. The van der Waals surface area contributed by atoms with Crippen LogP contribution in [0.5, 0.6) is 0 Å². The van der Waals surface area contributed by atoms with Gasteiger partial charge < -0.3 is 9.47 Å². The third-order valence-corrected chi connectivity index (χ3v) is 1.44. The Morgan fingerprint density at radius 1 is 1.42 bits per heavy atom. The minimum Gasteiger partial charge on any atom is -0.436 e. The molecule has 1 atom stereocenters. The number of hydrogen-bond acceptors (Lipinski definition) is 3. The molecule has 0 spiro atoms. The second-order valence-electron chi connectivity index (χ2n) is 2.64. The maximum Gasteiger partial charge on any atom is 0.304 e. The number of rotatable bonds is 6. The Morgan fingerprint density at radius 3 is 2.50 bits per heavy atom. The van der Waals surface area contributed by atoms with Crippen molar-refractivity contribution in [3.63, 3.8) is 0 Å². The van der Waals surface area contributed by atoms with Gasteiger partial charge in [-0.3, -0.25) is 4.79 Å². The normalized spacial score (nSPS) is 12.6. The van der Waals surface area contributed by atoms with E-state index in [1.54, 1.807) is 0 Å². The zero-order valence-electron chi connectivity index (χ0n) is 8.13. The van der Waals surface area contributed by atoms with Crippen LogP contribution in [0.1, 0.15) is 40.0 Å². The van der Waals surface area contributed by atoms with Gasteiger partial charge in [0.05, 0.1) is 0 Å². The summed E-state index contributed by atoms with van der Waals surface area (Å²) in [4.78, 5) is 10.6. The van der Waals surface area contributed by atoms with Gasteiger partial charge in [0, 0.05) is 20.0 Å². The van der Waals surface area contributed by atoms with E-state index in [1.807, 2.05) is 6.92 Å². The van der Waals surface area contributed by atoms with E-state index >= 15 is 0 Å². The molecule has 0 saturated heterocycles. The van der Waals surface area contributed by atoms with Gasteiger partial charge in [-0.25, -0.2) is 0 Å². The lowest BCUT2D eigenvalue weighted by molar-refractivity contribution is -0.176. The fraction of sp³-hybridized carbons (Fsp3) is 0.889. The first-order valence-corrected chi connectivity index (χ1v) is 4.49. The van der Waals surface area contributed by atoms with Crippen molar-refractivity contribution in [1.29, 1.82) is 0 Å². The Morgan fingerprint density at radius 2 is 2.08 bits per heavy atom. The van der Waals surface area contributed by atoms with Crippen molar-refractivity contribution in [2.75, 3.05) is 6.61 Å². The van der Waals surface area contributed by atoms with Gasteiger partial charge in [0.25, 0.3) is 0 Å². The Balaban J connectivity index is 3.61. The van der Waals surface area contributed by atoms with E-state index in [4.69, 9.17) is 9.47 Å². The fourth-order valence-electron chi connectivity index (χ4n) is 0.918. The Labute approximate surface area is 74.0 Å². The highest BCUT2D eigenvalue weighted by molar-refractivity contribution is 5.66. The van der Waals surface area contributed by atoms with E-state index in [0.29, 0.717) is 6.61 Å². The summed E-state index contributed by atoms with van der Waals surface area (Å²) in [7, 11) is 0. The summed E-state index contributed by atoms with van der Waals surface area (Å²) in [5.74, 6) is -0.274. The molecule has 0 aromatic carbocycles. The first-order valence-electron chi connectivity index (χ1n) is 4.49. The maximum absolute atomic E-state index is 10.6. The molecule has 1 unspecified atom stereocenters. The van der Waals surface area contributed by atoms with Crippen LogP contribution in [-0.4, -0.2) is 18.9 Å². The molecule has 0 amide bonds. The van der Waals surface area contributed by atoms with E-state index in [-0.39, 0.29) is 12.3 Å². The van der Waals surface area contributed by atoms with Gasteiger partial charge in [-0.2, -0.15) is 0 Å². The molecule has 3 nitrogen and oxygen atoms in total. The first kappa shape index (κ1) is 11.4. The van der Waals surface area contributed by atoms with E-state index in [2.05, 4.69) is 6.92 Å². The average Bonchev–Trinajstić information content (AvgIpc) is 2.00. The molecule has 12 heavy (non-hydrogen) atoms. The van der Waals surface area contributed by atoms with Gasteiger partial charge in [0.2, 0.25) is 6.29 Å². The van der Waals surface area contributed by atoms with E-state index < -0.39 is 0 Å². The number of carbonyl (C=O) groups excluding carboxylic acids is 1. The second-order valence-corrected chi connectivity index (χ2v) is 2.64. The molecule has 0 fully saturated rings. The van der Waals surface area contributed by atoms with E-state index in [0.717, 1.165) is 19.3 Å². The lowest BCUT2D eigenvalue weighted by atomic mass is 10.2. The topological polar surface area (TPSA) is 35.5 Å². The zero-order chi connectivity index (χ0) is 9.40. The molecule has 0 aliphatic heterocycles. The second kappa shape index (κ2) is 7.10. The molecule has 0 aromatic rings. The van der Waals surface area contributed by atoms with Crippen molar-refractivity contribution in [2.24, 2.45) is 0 Å². The van der Waals surface area contributed by atoms with Crippen molar-refractivity contribution in [3.05, 3.63) is 0 Å². The summed E-state index contributed by atoms with van der Waals surface area (Å²) in [6.07, 6.45) is 2.57. The van der Waals surface area contributed by atoms with Crippen molar-refractivity contribution >= 4 is 5.97 Å². The standard InChI is InChI=1S/C9H18O3/c1-4-6-7-9(11-5-2)12-8(3)10/h9H,4-7H2,1-3H3. The molecule has 3 heteroatoms. The van der Waals surface area contributed by atoms with Gasteiger partial charge in [-0.05, 0) is 13.3 Å². The zero-order valence-corrected chi connectivity index (χ0v) is 8.13. The molecule has 0 bridgehead atoms. The summed E-state index contributed by atoms with van der Waals surface area (Å²) in [5, 5.41) is 0. The van der Waals surface area contributed by atoms with Gasteiger partial charge in [-0.1, -0.05) is 13.3 Å². The third kappa shape index (κ3) is 6.16. The van der Waals surface area contributed by atoms with Crippen molar-refractivity contribution in [1.82, 2.24) is 0 Å². The van der Waals surface area contributed by atoms with Crippen LogP contribution in [0, 0.1) is 0 Å². The largest absolute Gasteiger partial charge is 0.436 e. The minimum absolute atomic E-state index is 0.274. The molecule has 0 saturated carbocycles. The van der Waals surface area contributed by atoms with Crippen LogP contribution in [-0.2, 0) is 14.3 Å². The molecular weight excluding hydrogens is 156 g/mol. The van der Waals surface area contributed by atoms with Crippen molar-refractivity contribution in [3.8, 4) is 0 Å². The van der Waals surface area contributed by atoms with Crippen LogP contribution >= 0.6 is 0 Å². The van der Waals surface area contributed by atoms with Crippen LogP contribution < -0.4 is 0 Å². The van der Waals surface area contributed by atoms with Crippen LogP contribution in [0.3, 0.4) is 0 Å². The van der Waals surface area contributed by atoms with Crippen LogP contribution in [0.25, 0.3) is 0 Å². The lowest BCUT2D eigenvalue weighted by Gasteiger charge is -2.15. The van der Waals surface area contributed by atoms with E-state index in [1.165, 1.54) is 6.92 Å². The average molecular weight is 174 g/mol. The summed E-state index contributed by atoms with van der Waals surface area (Å²) < 4.78 is 10.1. The number of hydrogen-bond donors (Lipinski definition) is 0. The molecular formula is C9H18O3. The van der Waals surface area contributed by atoms with Crippen molar-refractivity contribution < 1.29 is 14.3 Å². The molecule has 0 N–H and O–H groups in total. The highest BCUT2D eigenvalue weighted by Gasteiger charge is 2.09. The molecule has 72 valence electrons. The van der Waals surface area contributed by atoms with Crippen LogP contribution in [0.15, 0.2) is 0 Å². The summed E-state index contributed by atoms with van der Waals surface area (Å²) in [6.45, 7) is 5.97. The van der Waals surface area contributed by atoms with Gasteiger partial charge >= 0.3 is 5.97 Å². The molecule has 0 aliphatic carbocycles. The van der Waals surface area contributed by atoms with Gasteiger partial charge in [0.1, 0.15) is 0 Å². The Bertz CT molecular complexity index is 123. The number of carbonyl (C=O) groups is 1. The number of ether oxygens (including phenoxy) is 2. The van der Waals surface area contributed by atoms with Gasteiger partial charge in [0.15, 0.2) is 0 Å². The van der Waals surface area contributed by atoms with Crippen LogP contribution in [0.2, 0.25) is 0 Å². The molecule has 0 heterocycles. The maximum atomic E-state index is 10.6. The van der Waals surface area contributed by atoms with Crippen molar-refractivity contribution in [2.45, 2.75) is 46.3 Å². The SMILES string of the molecule is CCCCC(OCC)OC(C)=O.